The van der Waals surface area contributed by atoms with Crippen molar-refractivity contribution in [3.05, 3.63) is 30.3 Å². The fraction of sp³-hybridized carbons (Fsp3) is 0.222. The van der Waals surface area contributed by atoms with Gasteiger partial charge in [-0.1, -0.05) is 18.2 Å². The monoisotopic (exact) mass is 169 g/mol. The lowest BCUT2D eigenvalue weighted by molar-refractivity contribution is 0.225. The quantitative estimate of drug-likeness (QED) is 0.603. The molecule has 0 fully saturated rings. The molecule has 3 heteroatoms. The zero-order valence-electron chi connectivity index (χ0n) is 6.67. The van der Waals surface area contributed by atoms with Gasteiger partial charge in [0.25, 0.3) is 6.43 Å². The van der Waals surface area contributed by atoms with Gasteiger partial charge >= 0.3 is 0 Å². The highest BCUT2D eigenvalue weighted by Crippen LogP contribution is 2.11. The molecule has 0 spiro atoms. The standard InChI is InChI=1S/C9H9F2N/c1-7(9(10)11)12-8-5-3-2-4-6-8/h2-6,9H,1H3. The van der Waals surface area contributed by atoms with Crippen molar-refractivity contribution in [2.75, 3.05) is 0 Å². The molecule has 0 bridgehead atoms. The van der Waals surface area contributed by atoms with E-state index in [1.165, 1.54) is 6.92 Å². The summed E-state index contributed by atoms with van der Waals surface area (Å²) in [6.45, 7) is 1.32. The maximum absolute atomic E-state index is 12.0. The zero-order valence-corrected chi connectivity index (χ0v) is 6.67. The fourth-order valence-electron chi connectivity index (χ4n) is 0.755. The van der Waals surface area contributed by atoms with Gasteiger partial charge in [0.1, 0.15) is 0 Å². The first-order valence-electron chi connectivity index (χ1n) is 3.58. The average Bonchev–Trinajstić information content (AvgIpc) is 2.06. The third-order valence-corrected chi connectivity index (χ3v) is 1.38. The summed E-state index contributed by atoms with van der Waals surface area (Å²) in [6, 6.07) is 8.71. The molecular formula is C9H9F2N. The second-order valence-electron chi connectivity index (χ2n) is 2.39. The van der Waals surface area contributed by atoms with Crippen LogP contribution in [0.2, 0.25) is 0 Å². The van der Waals surface area contributed by atoms with Gasteiger partial charge in [-0.15, -0.1) is 0 Å². The molecule has 0 amide bonds. The van der Waals surface area contributed by atoms with E-state index < -0.39 is 6.43 Å². The van der Waals surface area contributed by atoms with Crippen molar-refractivity contribution in [3.8, 4) is 0 Å². The molecule has 0 heterocycles. The van der Waals surface area contributed by atoms with E-state index in [0.29, 0.717) is 5.69 Å². The lowest BCUT2D eigenvalue weighted by Crippen LogP contribution is -2.03. The Hall–Kier alpha value is -1.25. The van der Waals surface area contributed by atoms with Crippen LogP contribution in [0.25, 0.3) is 0 Å². The predicted molar refractivity (Wildman–Crippen MR) is 45.2 cm³/mol. The largest absolute Gasteiger partial charge is 0.276 e. The Balaban J connectivity index is 2.81. The minimum atomic E-state index is -2.47. The average molecular weight is 169 g/mol. The number of hydrogen-bond acceptors (Lipinski definition) is 1. The van der Waals surface area contributed by atoms with Gasteiger partial charge in [-0.2, -0.15) is 0 Å². The van der Waals surface area contributed by atoms with E-state index in [-0.39, 0.29) is 5.71 Å². The SMILES string of the molecule is CC(=Nc1ccccc1)C(F)F. The first-order chi connectivity index (χ1) is 5.70. The van der Waals surface area contributed by atoms with Crippen molar-refractivity contribution in [2.24, 2.45) is 4.99 Å². The summed E-state index contributed by atoms with van der Waals surface area (Å²) in [5, 5.41) is 0. The molecular weight excluding hydrogens is 160 g/mol. The van der Waals surface area contributed by atoms with Crippen molar-refractivity contribution in [2.45, 2.75) is 13.3 Å². The summed E-state index contributed by atoms with van der Waals surface area (Å²) in [5.41, 5.74) is 0.413. The highest BCUT2D eigenvalue weighted by Gasteiger charge is 2.05. The molecule has 12 heavy (non-hydrogen) atoms. The lowest BCUT2D eigenvalue weighted by atomic mass is 10.3. The smallest absolute Gasteiger partial charge is 0.252 e. The number of para-hydroxylation sites is 1. The van der Waals surface area contributed by atoms with Crippen molar-refractivity contribution in [1.82, 2.24) is 0 Å². The Bertz CT molecular complexity index is 267. The highest BCUT2D eigenvalue weighted by molar-refractivity contribution is 5.87. The highest BCUT2D eigenvalue weighted by atomic mass is 19.3. The molecule has 1 rings (SSSR count). The normalized spacial score (nSPS) is 12.2. The molecule has 0 radical (unpaired) electrons. The fourth-order valence-corrected chi connectivity index (χ4v) is 0.755. The van der Waals surface area contributed by atoms with Gasteiger partial charge in [0, 0.05) is 0 Å². The van der Waals surface area contributed by atoms with Crippen LogP contribution in [0, 0.1) is 0 Å². The van der Waals surface area contributed by atoms with Crippen molar-refractivity contribution >= 4 is 11.4 Å². The number of rotatable bonds is 2. The molecule has 0 aliphatic heterocycles. The molecule has 1 nitrogen and oxygen atoms in total. The lowest BCUT2D eigenvalue weighted by Gasteiger charge is -1.97. The van der Waals surface area contributed by atoms with Crippen LogP contribution in [-0.2, 0) is 0 Å². The number of nitrogens with zero attached hydrogens (tertiary/aromatic N) is 1. The second kappa shape index (κ2) is 3.95. The van der Waals surface area contributed by atoms with Gasteiger partial charge in [0.05, 0.1) is 11.4 Å². The Labute approximate surface area is 69.8 Å². The molecule has 1 aromatic rings. The van der Waals surface area contributed by atoms with E-state index in [1.807, 2.05) is 6.07 Å². The number of aliphatic imine (C=N–C) groups is 1. The summed E-state index contributed by atoms with van der Waals surface area (Å²) >= 11 is 0. The maximum Gasteiger partial charge on any atom is 0.276 e. The van der Waals surface area contributed by atoms with Crippen LogP contribution in [0.15, 0.2) is 35.3 Å². The van der Waals surface area contributed by atoms with Crippen molar-refractivity contribution in [3.63, 3.8) is 0 Å². The molecule has 0 aliphatic carbocycles. The van der Waals surface area contributed by atoms with Gasteiger partial charge in [0.15, 0.2) is 0 Å². The van der Waals surface area contributed by atoms with Crippen LogP contribution in [0.5, 0.6) is 0 Å². The van der Waals surface area contributed by atoms with Gasteiger partial charge in [-0.05, 0) is 19.1 Å². The Morgan fingerprint density at radius 3 is 2.33 bits per heavy atom. The third kappa shape index (κ3) is 2.42. The van der Waals surface area contributed by atoms with Crippen LogP contribution in [0.3, 0.4) is 0 Å². The first-order valence-corrected chi connectivity index (χ1v) is 3.58. The first kappa shape index (κ1) is 8.84. The number of benzene rings is 1. The summed E-state index contributed by atoms with van der Waals surface area (Å²) < 4.78 is 24.0. The van der Waals surface area contributed by atoms with E-state index in [2.05, 4.69) is 4.99 Å². The van der Waals surface area contributed by atoms with E-state index in [0.717, 1.165) is 0 Å². The minimum absolute atomic E-state index is 0.152. The Kier molecular flexibility index (Phi) is 2.91. The maximum atomic E-state index is 12.0. The molecule has 0 aromatic heterocycles. The molecule has 0 saturated carbocycles. The molecule has 0 N–H and O–H groups in total. The van der Waals surface area contributed by atoms with Gasteiger partial charge in [-0.25, -0.2) is 8.78 Å². The van der Waals surface area contributed by atoms with E-state index in [1.54, 1.807) is 24.3 Å². The van der Waals surface area contributed by atoms with Gasteiger partial charge in [-0.3, -0.25) is 4.99 Å². The zero-order chi connectivity index (χ0) is 8.97. The van der Waals surface area contributed by atoms with E-state index in [4.69, 9.17) is 0 Å². The second-order valence-corrected chi connectivity index (χ2v) is 2.39. The van der Waals surface area contributed by atoms with Crippen LogP contribution >= 0.6 is 0 Å². The van der Waals surface area contributed by atoms with Crippen LogP contribution in [0.1, 0.15) is 6.92 Å². The van der Waals surface area contributed by atoms with Crippen LogP contribution < -0.4 is 0 Å². The number of alkyl halides is 2. The third-order valence-electron chi connectivity index (χ3n) is 1.38. The van der Waals surface area contributed by atoms with Crippen molar-refractivity contribution < 1.29 is 8.78 Å². The topological polar surface area (TPSA) is 12.4 Å². The number of hydrogen-bond donors (Lipinski definition) is 0. The molecule has 1 aromatic carbocycles. The van der Waals surface area contributed by atoms with E-state index >= 15 is 0 Å². The molecule has 0 aliphatic rings. The summed E-state index contributed by atoms with van der Waals surface area (Å²) in [4.78, 5) is 3.73. The minimum Gasteiger partial charge on any atom is -0.252 e. The van der Waals surface area contributed by atoms with Crippen LogP contribution in [-0.4, -0.2) is 12.1 Å². The molecule has 64 valence electrons. The molecule has 0 unspecified atom stereocenters. The van der Waals surface area contributed by atoms with Crippen molar-refractivity contribution in [1.29, 1.82) is 0 Å². The molecule has 0 atom stereocenters. The predicted octanol–water partition coefficient (Wildman–Crippen LogP) is 3.04. The van der Waals surface area contributed by atoms with Crippen LogP contribution in [0.4, 0.5) is 14.5 Å². The summed E-state index contributed by atoms with van der Waals surface area (Å²) in [6.07, 6.45) is -2.47. The molecule has 0 saturated heterocycles. The summed E-state index contributed by atoms with van der Waals surface area (Å²) in [7, 11) is 0. The number of halogens is 2. The summed E-state index contributed by atoms with van der Waals surface area (Å²) in [5.74, 6) is 0. The Morgan fingerprint density at radius 1 is 1.25 bits per heavy atom. The van der Waals surface area contributed by atoms with Gasteiger partial charge < -0.3 is 0 Å². The van der Waals surface area contributed by atoms with Gasteiger partial charge in [0.2, 0.25) is 0 Å². The Morgan fingerprint density at radius 2 is 1.83 bits per heavy atom. The van der Waals surface area contributed by atoms with E-state index in [9.17, 15) is 8.78 Å².